The molecule has 1 heterocycles. The quantitative estimate of drug-likeness (QED) is 0.159. The number of aryl methyl sites for hydroxylation is 2. The zero-order chi connectivity index (χ0) is 28.7. The second kappa shape index (κ2) is 10.4. The average molecular weight is 560 g/mol. The minimum absolute atomic E-state index is 0.274. The summed E-state index contributed by atoms with van der Waals surface area (Å²) >= 11 is 0. The van der Waals surface area contributed by atoms with Crippen molar-refractivity contribution in [2.24, 2.45) is 4.99 Å². The molecule has 6 rings (SSSR count). The van der Waals surface area contributed by atoms with Crippen LogP contribution in [0.25, 0.3) is 33.4 Å². The van der Waals surface area contributed by atoms with Crippen LogP contribution in [0.4, 0.5) is 17.1 Å². The SMILES string of the molecule is Cc1ccccc1N=c1ccc2c(-c3ccccc3S(=O)(=O)[O-])c3ccc(N(C)c4ccccc4C)cc3oc-2c1. The Balaban J connectivity index is 1.65. The number of anilines is 2. The van der Waals surface area contributed by atoms with Crippen molar-refractivity contribution in [3.05, 3.63) is 126 Å². The van der Waals surface area contributed by atoms with Gasteiger partial charge in [-0.25, -0.2) is 13.4 Å². The monoisotopic (exact) mass is 559 g/mol. The molecule has 41 heavy (non-hydrogen) atoms. The maximum atomic E-state index is 12.3. The second-order valence-corrected chi connectivity index (χ2v) is 11.4. The van der Waals surface area contributed by atoms with Crippen LogP contribution in [-0.4, -0.2) is 20.0 Å². The van der Waals surface area contributed by atoms with Crippen molar-refractivity contribution in [2.45, 2.75) is 18.7 Å². The van der Waals surface area contributed by atoms with Crippen LogP contribution in [0.5, 0.6) is 0 Å². The Morgan fingerprint density at radius 3 is 2.22 bits per heavy atom. The normalized spacial score (nSPS) is 12.2. The Bertz CT molecular complexity index is 2080. The van der Waals surface area contributed by atoms with Crippen molar-refractivity contribution in [3.8, 4) is 22.5 Å². The van der Waals surface area contributed by atoms with E-state index < -0.39 is 10.1 Å². The third-order valence-corrected chi connectivity index (χ3v) is 8.24. The van der Waals surface area contributed by atoms with E-state index in [9.17, 15) is 13.0 Å². The third-order valence-electron chi connectivity index (χ3n) is 7.34. The van der Waals surface area contributed by atoms with Gasteiger partial charge in [-0.2, -0.15) is 0 Å². The van der Waals surface area contributed by atoms with Crippen molar-refractivity contribution in [1.29, 1.82) is 0 Å². The van der Waals surface area contributed by atoms with Crippen molar-refractivity contribution < 1.29 is 17.4 Å². The van der Waals surface area contributed by atoms with Gasteiger partial charge in [0.15, 0.2) is 0 Å². The standard InChI is InChI=1S/C34H28N2O4S/c1-22-10-4-7-13-29(22)35-24-16-18-26-31(20-24)40-32-21-25(36(3)30-14-8-5-11-23(30)2)17-19-27(32)34(26)28-12-6-9-15-33(28)41(37,38)39/h4-21H,1-3H3,(H,37,38,39)/p-1. The van der Waals surface area contributed by atoms with Crippen molar-refractivity contribution in [3.63, 3.8) is 0 Å². The summed E-state index contributed by atoms with van der Waals surface area (Å²) in [5.74, 6) is 0.524. The first-order valence-corrected chi connectivity index (χ1v) is 14.6. The molecule has 0 N–H and O–H groups in total. The first kappa shape index (κ1) is 26.5. The van der Waals surface area contributed by atoms with Crippen molar-refractivity contribution >= 4 is 38.1 Å². The molecule has 204 valence electrons. The van der Waals surface area contributed by atoms with Crippen LogP contribution in [-0.2, 0) is 10.1 Å². The Kier molecular flexibility index (Phi) is 6.69. The first-order chi connectivity index (χ1) is 19.7. The molecular formula is C34H27N2O4S-. The lowest BCUT2D eigenvalue weighted by Gasteiger charge is -2.23. The molecule has 1 aliphatic carbocycles. The molecule has 0 spiro atoms. The number of fused-ring (bicyclic) bond motifs is 2. The van der Waals surface area contributed by atoms with Crippen LogP contribution >= 0.6 is 0 Å². The van der Waals surface area contributed by atoms with Gasteiger partial charge in [0, 0.05) is 52.6 Å². The van der Waals surface area contributed by atoms with E-state index in [0.29, 0.717) is 38.8 Å². The van der Waals surface area contributed by atoms with Gasteiger partial charge >= 0.3 is 0 Å². The van der Waals surface area contributed by atoms with E-state index in [1.54, 1.807) is 18.2 Å². The Morgan fingerprint density at radius 2 is 1.46 bits per heavy atom. The van der Waals surface area contributed by atoms with Crippen LogP contribution < -0.4 is 10.3 Å². The summed E-state index contributed by atoms with van der Waals surface area (Å²) in [5.41, 5.74) is 7.14. The molecule has 0 fully saturated rings. The molecule has 0 atom stereocenters. The molecule has 4 aromatic rings. The lowest BCUT2D eigenvalue weighted by molar-refractivity contribution is 0.463. The number of hydrogen-bond donors (Lipinski definition) is 0. The van der Waals surface area contributed by atoms with E-state index in [1.807, 2.05) is 86.8 Å². The summed E-state index contributed by atoms with van der Waals surface area (Å²) in [6.07, 6.45) is 0. The van der Waals surface area contributed by atoms with E-state index in [-0.39, 0.29) is 4.90 Å². The number of hydrogen-bond acceptors (Lipinski definition) is 6. The summed E-state index contributed by atoms with van der Waals surface area (Å²) in [5, 5.41) is 1.39. The number of para-hydroxylation sites is 2. The number of rotatable bonds is 5. The highest BCUT2D eigenvalue weighted by Gasteiger charge is 2.21. The zero-order valence-corrected chi connectivity index (χ0v) is 23.6. The maximum absolute atomic E-state index is 12.3. The number of benzene rings is 5. The Labute approximate surface area is 239 Å². The Morgan fingerprint density at radius 1 is 0.756 bits per heavy atom. The van der Waals surface area contributed by atoms with E-state index in [0.717, 1.165) is 28.2 Å². The maximum Gasteiger partial charge on any atom is 0.137 e. The molecule has 0 unspecified atom stereocenters. The highest BCUT2D eigenvalue weighted by atomic mass is 32.2. The topological polar surface area (TPSA) is 85.9 Å². The van der Waals surface area contributed by atoms with Crippen LogP contribution in [0.15, 0.2) is 123 Å². The average Bonchev–Trinajstić information content (AvgIpc) is 2.96. The third kappa shape index (κ3) is 5.01. The largest absolute Gasteiger partial charge is 0.744 e. The fourth-order valence-corrected chi connectivity index (χ4v) is 5.92. The van der Waals surface area contributed by atoms with Gasteiger partial charge in [-0.05, 0) is 67.4 Å². The summed E-state index contributed by atoms with van der Waals surface area (Å²) in [4.78, 5) is 6.61. The van der Waals surface area contributed by atoms with Crippen LogP contribution in [0.2, 0.25) is 0 Å². The molecular weight excluding hydrogens is 532 g/mol. The van der Waals surface area contributed by atoms with Gasteiger partial charge in [0.25, 0.3) is 0 Å². The molecule has 0 amide bonds. The second-order valence-electron chi connectivity index (χ2n) is 10.0. The fourth-order valence-electron chi connectivity index (χ4n) is 5.23. The van der Waals surface area contributed by atoms with Gasteiger partial charge < -0.3 is 13.9 Å². The van der Waals surface area contributed by atoms with E-state index >= 15 is 0 Å². The number of nitrogens with zero attached hydrogens (tertiary/aromatic N) is 2. The summed E-state index contributed by atoms with van der Waals surface area (Å²) in [7, 11) is -2.75. The molecule has 2 aliphatic rings. The molecule has 1 aliphatic heterocycles. The molecule has 0 radical (unpaired) electrons. The molecule has 0 saturated heterocycles. The molecule has 0 bridgehead atoms. The van der Waals surface area contributed by atoms with Gasteiger partial charge in [-0.3, -0.25) is 0 Å². The fraction of sp³-hybridized carbons (Fsp3) is 0.0882. The van der Waals surface area contributed by atoms with Gasteiger partial charge in [0.1, 0.15) is 21.5 Å². The molecule has 0 saturated carbocycles. The molecule has 0 aromatic heterocycles. The highest BCUT2D eigenvalue weighted by molar-refractivity contribution is 7.85. The lowest BCUT2D eigenvalue weighted by atomic mass is 9.93. The van der Waals surface area contributed by atoms with Gasteiger partial charge in [-0.15, -0.1) is 0 Å². The first-order valence-electron chi connectivity index (χ1n) is 13.2. The minimum Gasteiger partial charge on any atom is -0.744 e. The minimum atomic E-state index is -4.74. The predicted octanol–water partition coefficient (Wildman–Crippen LogP) is 7.73. The highest BCUT2D eigenvalue weighted by Crippen LogP contribution is 2.43. The predicted molar refractivity (Wildman–Crippen MR) is 162 cm³/mol. The van der Waals surface area contributed by atoms with Crippen molar-refractivity contribution in [2.75, 3.05) is 11.9 Å². The Hall–Kier alpha value is -4.72. The summed E-state index contributed by atoms with van der Waals surface area (Å²) < 4.78 is 43.4. The zero-order valence-electron chi connectivity index (χ0n) is 22.8. The molecule has 6 nitrogen and oxygen atoms in total. The van der Waals surface area contributed by atoms with Crippen LogP contribution in [0.3, 0.4) is 0 Å². The van der Waals surface area contributed by atoms with Crippen LogP contribution in [0, 0.1) is 13.8 Å². The van der Waals surface area contributed by atoms with E-state index in [4.69, 9.17) is 9.41 Å². The molecule has 7 heteroatoms. The van der Waals surface area contributed by atoms with Gasteiger partial charge in [0.05, 0.1) is 15.9 Å². The molecule has 4 aromatic carbocycles. The lowest BCUT2D eigenvalue weighted by Crippen LogP contribution is -2.10. The van der Waals surface area contributed by atoms with Gasteiger partial charge in [-0.1, -0.05) is 54.6 Å². The van der Waals surface area contributed by atoms with Crippen LogP contribution in [0.1, 0.15) is 11.1 Å². The van der Waals surface area contributed by atoms with E-state index in [1.165, 1.54) is 6.07 Å². The smallest absolute Gasteiger partial charge is 0.137 e. The summed E-state index contributed by atoms with van der Waals surface area (Å²) in [6.45, 7) is 4.06. The van der Waals surface area contributed by atoms with Gasteiger partial charge in [0.2, 0.25) is 0 Å². The van der Waals surface area contributed by atoms with E-state index in [2.05, 4.69) is 24.0 Å². The summed E-state index contributed by atoms with van der Waals surface area (Å²) in [6, 6.07) is 33.7. The van der Waals surface area contributed by atoms with Crippen molar-refractivity contribution in [1.82, 2.24) is 0 Å².